The number of esters is 2. The van der Waals surface area contributed by atoms with Gasteiger partial charge in [0, 0.05) is 6.07 Å². The molecule has 31 heavy (non-hydrogen) atoms. The number of carbonyl (C=O) groups excluding carboxylic acids is 2. The third-order valence-electron chi connectivity index (χ3n) is 4.80. The van der Waals surface area contributed by atoms with Gasteiger partial charge in [0.05, 0.1) is 43.0 Å². The van der Waals surface area contributed by atoms with Gasteiger partial charge in [-0.2, -0.15) is 5.26 Å². The van der Waals surface area contributed by atoms with Gasteiger partial charge in [-0.05, 0) is 17.7 Å². The summed E-state index contributed by atoms with van der Waals surface area (Å²) in [7, 11) is 2.24. The summed E-state index contributed by atoms with van der Waals surface area (Å²) < 4.78 is 23.9. The molecule has 0 fully saturated rings. The molecule has 0 bridgehead atoms. The SMILES string of the molecule is COC(=O)C1=C(C(=O)OC)N(c2ccc(O)c(F)c2)C(N)=C(C#N)C1c1ccccc1. The normalized spacial score (nSPS) is 16.1. The molecule has 1 aliphatic heterocycles. The number of carbonyl (C=O) groups is 2. The summed E-state index contributed by atoms with van der Waals surface area (Å²) >= 11 is 0. The molecule has 0 amide bonds. The van der Waals surface area contributed by atoms with Gasteiger partial charge in [-0.15, -0.1) is 0 Å². The minimum Gasteiger partial charge on any atom is -0.505 e. The number of nitriles is 1. The molecule has 0 spiro atoms. The Balaban J connectivity index is 2.41. The number of phenols is 1. The second kappa shape index (κ2) is 8.59. The molecule has 0 saturated heterocycles. The Bertz CT molecular complexity index is 1150. The average Bonchev–Trinajstić information content (AvgIpc) is 2.79. The van der Waals surface area contributed by atoms with Gasteiger partial charge in [0.25, 0.3) is 0 Å². The molecule has 1 unspecified atom stereocenters. The highest BCUT2D eigenvalue weighted by atomic mass is 19.1. The fourth-order valence-corrected chi connectivity index (χ4v) is 3.42. The van der Waals surface area contributed by atoms with Crippen molar-refractivity contribution < 1.29 is 28.6 Å². The molecule has 3 N–H and O–H groups in total. The van der Waals surface area contributed by atoms with E-state index in [1.54, 1.807) is 30.3 Å². The first-order valence-electron chi connectivity index (χ1n) is 8.99. The van der Waals surface area contributed by atoms with E-state index < -0.39 is 29.4 Å². The average molecular weight is 423 g/mol. The topological polar surface area (TPSA) is 126 Å². The Morgan fingerprint density at radius 1 is 1.13 bits per heavy atom. The summed E-state index contributed by atoms with van der Waals surface area (Å²) in [5, 5.41) is 19.4. The number of allylic oxidation sites excluding steroid dienone is 1. The number of benzene rings is 2. The van der Waals surface area contributed by atoms with Crippen molar-refractivity contribution in [1.82, 2.24) is 0 Å². The van der Waals surface area contributed by atoms with Gasteiger partial charge < -0.3 is 20.3 Å². The van der Waals surface area contributed by atoms with Crippen molar-refractivity contribution in [1.29, 1.82) is 5.26 Å². The monoisotopic (exact) mass is 423 g/mol. The van der Waals surface area contributed by atoms with Crippen LogP contribution in [0.2, 0.25) is 0 Å². The summed E-state index contributed by atoms with van der Waals surface area (Å²) in [6, 6.07) is 13.7. The van der Waals surface area contributed by atoms with Crippen molar-refractivity contribution in [3.8, 4) is 11.8 Å². The van der Waals surface area contributed by atoms with E-state index in [0.29, 0.717) is 5.56 Å². The standard InChI is InChI=1S/C22H18FN3O5/c1-30-21(28)18-17(12-6-4-3-5-7-12)14(11-24)20(25)26(19(18)22(29)31-2)13-8-9-16(27)15(23)10-13/h3-10,17,27H,25H2,1-2H3. The zero-order valence-corrected chi connectivity index (χ0v) is 16.6. The molecule has 0 radical (unpaired) electrons. The van der Waals surface area contributed by atoms with Gasteiger partial charge in [0.2, 0.25) is 0 Å². The van der Waals surface area contributed by atoms with E-state index >= 15 is 0 Å². The van der Waals surface area contributed by atoms with E-state index in [1.807, 2.05) is 6.07 Å². The predicted octanol–water partition coefficient (Wildman–Crippen LogP) is 2.43. The predicted molar refractivity (Wildman–Crippen MR) is 108 cm³/mol. The van der Waals surface area contributed by atoms with Crippen molar-refractivity contribution in [2.45, 2.75) is 5.92 Å². The Morgan fingerprint density at radius 3 is 2.32 bits per heavy atom. The maximum absolute atomic E-state index is 14.1. The number of aromatic hydroxyl groups is 1. The molecule has 2 aromatic carbocycles. The molecule has 1 aliphatic rings. The molecule has 3 rings (SSSR count). The van der Waals surface area contributed by atoms with Crippen LogP contribution in [0.25, 0.3) is 0 Å². The highest BCUT2D eigenvalue weighted by Crippen LogP contribution is 2.43. The van der Waals surface area contributed by atoms with Crippen molar-refractivity contribution in [3.05, 3.63) is 82.6 Å². The fraction of sp³-hybridized carbons (Fsp3) is 0.136. The molecular weight excluding hydrogens is 405 g/mol. The second-order valence-electron chi connectivity index (χ2n) is 6.47. The maximum Gasteiger partial charge on any atom is 0.355 e. The summed E-state index contributed by atoms with van der Waals surface area (Å²) in [4.78, 5) is 26.7. The lowest BCUT2D eigenvalue weighted by Gasteiger charge is -2.35. The van der Waals surface area contributed by atoms with Crippen LogP contribution in [0.15, 0.2) is 71.2 Å². The zero-order chi connectivity index (χ0) is 22.7. The summed E-state index contributed by atoms with van der Waals surface area (Å²) in [6.45, 7) is 0. The molecular formula is C22H18FN3O5. The third-order valence-corrected chi connectivity index (χ3v) is 4.80. The maximum atomic E-state index is 14.1. The molecule has 1 heterocycles. The number of nitrogens with two attached hydrogens (primary N) is 1. The van der Waals surface area contributed by atoms with Crippen LogP contribution in [0.5, 0.6) is 5.75 Å². The highest BCUT2D eigenvalue weighted by Gasteiger charge is 2.43. The molecule has 2 aromatic rings. The van der Waals surface area contributed by atoms with E-state index in [-0.39, 0.29) is 28.4 Å². The second-order valence-corrected chi connectivity index (χ2v) is 6.47. The first-order chi connectivity index (χ1) is 14.8. The summed E-state index contributed by atoms with van der Waals surface area (Å²) in [6.07, 6.45) is 0. The van der Waals surface area contributed by atoms with E-state index in [1.165, 1.54) is 6.07 Å². The number of halogens is 1. The number of ether oxygens (including phenoxy) is 2. The zero-order valence-electron chi connectivity index (χ0n) is 16.6. The minimum atomic E-state index is -1.02. The minimum absolute atomic E-state index is 0.00568. The Labute approximate surface area is 177 Å². The molecule has 0 aliphatic carbocycles. The number of hydrogen-bond acceptors (Lipinski definition) is 8. The Morgan fingerprint density at radius 2 is 1.77 bits per heavy atom. The van der Waals surface area contributed by atoms with Gasteiger partial charge in [-0.3, -0.25) is 4.90 Å². The van der Waals surface area contributed by atoms with Crippen molar-refractivity contribution in [2.75, 3.05) is 19.1 Å². The van der Waals surface area contributed by atoms with Crippen molar-refractivity contribution >= 4 is 17.6 Å². The fourth-order valence-electron chi connectivity index (χ4n) is 3.42. The molecule has 8 nitrogen and oxygen atoms in total. The molecule has 0 saturated carbocycles. The summed E-state index contributed by atoms with van der Waals surface area (Å²) in [5.74, 6) is -4.67. The summed E-state index contributed by atoms with van der Waals surface area (Å²) in [5.41, 5.74) is 6.21. The highest BCUT2D eigenvalue weighted by molar-refractivity contribution is 6.06. The van der Waals surface area contributed by atoms with E-state index in [9.17, 15) is 24.3 Å². The van der Waals surface area contributed by atoms with Crippen LogP contribution >= 0.6 is 0 Å². The molecule has 158 valence electrons. The van der Waals surface area contributed by atoms with Gasteiger partial charge in [-0.1, -0.05) is 30.3 Å². The van der Waals surface area contributed by atoms with Gasteiger partial charge in [0.15, 0.2) is 11.6 Å². The van der Waals surface area contributed by atoms with Crippen LogP contribution < -0.4 is 10.6 Å². The lowest BCUT2D eigenvalue weighted by Crippen LogP contribution is -2.40. The molecule has 9 heteroatoms. The first-order valence-corrected chi connectivity index (χ1v) is 8.99. The Kier molecular flexibility index (Phi) is 5.93. The van der Waals surface area contributed by atoms with Crippen LogP contribution in [0.3, 0.4) is 0 Å². The van der Waals surface area contributed by atoms with E-state index in [2.05, 4.69) is 0 Å². The van der Waals surface area contributed by atoms with Crippen LogP contribution in [0, 0.1) is 17.1 Å². The van der Waals surface area contributed by atoms with E-state index in [0.717, 1.165) is 31.3 Å². The smallest absolute Gasteiger partial charge is 0.355 e. The number of methoxy groups -OCH3 is 2. The quantitative estimate of drug-likeness (QED) is 0.718. The number of anilines is 1. The number of phenolic OH excluding ortho intramolecular Hbond substituents is 1. The van der Waals surface area contributed by atoms with Crippen molar-refractivity contribution in [2.24, 2.45) is 5.73 Å². The Hall–Kier alpha value is -4.32. The number of hydrogen-bond donors (Lipinski definition) is 2. The lowest BCUT2D eigenvalue weighted by molar-refractivity contribution is -0.139. The van der Waals surface area contributed by atoms with Crippen LogP contribution in [0.4, 0.5) is 10.1 Å². The van der Waals surface area contributed by atoms with Crippen molar-refractivity contribution in [3.63, 3.8) is 0 Å². The first kappa shape index (κ1) is 21.4. The van der Waals surface area contributed by atoms with Crippen LogP contribution in [-0.4, -0.2) is 31.3 Å². The molecule has 1 atom stereocenters. The molecule has 0 aromatic heterocycles. The number of nitrogens with zero attached hydrogens (tertiary/aromatic N) is 2. The third kappa shape index (κ3) is 3.67. The van der Waals surface area contributed by atoms with E-state index in [4.69, 9.17) is 15.2 Å². The van der Waals surface area contributed by atoms with Gasteiger partial charge in [0.1, 0.15) is 11.5 Å². The number of rotatable bonds is 4. The largest absolute Gasteiger partial charge is 0.505 e. The van der Waals surface area contributed by atoms with Crippen LogP contribution in [-0.2, 0) is 19.1 Å². The lowest BCUT2D eigenvalue weighted by atomic mass is 9.81. The van der Waals surface area contributed by atoms with Crippen LogP contribution in [0.1, 0.15) is 11.5 Å². The van der Waals surface area contributed by atoms with Gasteiger partial charge in [-0.25, -0.2) is 14.0 Å². The van der Waals surface area contributed by atoms with Gasteiger partial charge >= 0.3 is 11.9 Å².